The fraction of sp³-hybridized carbons (Fsp3) is 0.714. The van der Waals surface area contributed by atoms with Crippen LogP contribution in [0.15, 0.2) is 10.5 Å². The Balaban J connectivity index is 1.13. The van der Waals surface area contributed by atoms with Gasteiger partial charge < -0.3 is 4.42 Å². The van der Waals surface area contributed by atoms with Crippen molar-refractivity contribution in [3.05, 3.63) is 23.2 Å². The Kier molecular flexibility index (Phi) is 4.87. The number of rotatable bonds is 5. The summed E-state index contributed by atoms with van der Waals surface area (Å²) in [6, 6.07) is 5.61. The van der Waals surface area contributed by atoms with Crippen LogP contribution in [0.3, 0.4) is 0 Å². The van der Waals surface area contributed by atoms with Crippen molar-refractivity contribution in [3.8, 4) is 6.07 Å². The van der Waals surface area contributed by atoms with Crippen LogP contribution in [0.25, 0.3) is 0 Å². The van der Waals surface area contributed by atoms with Crippen LogP contribution in [-0.4, -0.2) is 41.5 Å². The Bertz CT molecular complexity index is 812. The molecule has 4 heterocycles. The Morgan fingerprint density at radius 3 is 2.96 bits per heavy atom. The van der Waals surface area contributed by atoms with Gasteiger partial charge in [0.15, 0.2) is 0 Å². The second kappa shape index (κ2) is 7.24. The lowest BCUT2D eigenvalue weighted by Crippen LogP contribution is -2.56. The topological polar surface area (TPSA) is 81.3 Å². The molecule has 0 aromatic carbocycles. The van der Waals surface area contributed by atoms with Gasteiger partial charge in [0.1, 0.15) is 17.6 Å². The molecule has 3 aliphatic heterocycles. The van der Waals surface area contributed by atoms with Crippen molar-refractivity contribution >= 4 is 21.7 Å². The highest BCUT2D eigenvalue weighted by Crippen LogP contribution is 2.44. The Morgan fingerprint density at radius 2 is 2.25 bits per heavy atom. The zero-order chi connectivity index (χ0) is 19.4. The quantitative estimate of drug-likeness (QED) is 0.676. The summed E-state index contributed by atoms with van der Waals surface area (Å²) in [5.74, 6) is 2.64. The van der Waals surface area contributed by atoms with Crippen molar-refractivity contribution in [1.29, 1.82) is 5.26 Å². The number of nitrogens with zero attached hydrogens (tertiary/aromatic N) is 2. The minimum atomic E-state index is 0.104. The van der Waals surface area contributed by atoms with Crippen molar-refractivity contribution in [3.63, 3.8) is 0 Å². The summed E-state index contributed by atoms with van der Waals surface area (Å²) in [6.45, 7) is 3.58. The standard InChI is InChI=1S/C21H27BrN4O2/c1-11(27)16-6-14-2-3-18(16)26(14)10-12-4-13(5-12)25-21-20(22)17-7-15(8-23)28-19(17)9-24-21/h7,12-14,16,18,20-21,24-25H,2-6,9-10H2,1H3. The van der Waals surface area contributed by atoms with Crippen LogP contribution < -0.4 is 10.6 Å². The first-order valence-electron chi connectivity index (χ1n) is 10.5. The number of nitriles is 1. The molecule has 2 N–H and O–H groups in total. The molecule has 3 fully saturated rings. The van der Waals surface area contributed by atoms with Crippen molar-refractivity contribution in [1.82, 2.24) is 15.5 Å². The number of halogens is 1. The van der Waals surface area contributed by atoms with E-state index < -0.39 is 0 Å². The van der Waals surface area contributed by atoms with E-state index in [1.165, 1.54) is 25.7 Å². The smallest absolute Gasteiger partial charge is 0.204 e. The molecule has 1 aromatic heterocycles. The van der Waals surface area contributed by atoms with Crippen LogP contribution in [0, 0.1) is 23.2 Å². The first-order chi connectivity index (χ1) is 13.5. The van der Waals surface area contributed by atoms with E-state index in [0.717, 1.165) is 30.2 Å². The van der Waals surface area contributed by atoms with Crippen molar-refractivity contribution in [2.24, 2.45) is 11.8 Å². The van der Waals surface area contributed by atoms with Crippen LogP contribution >= 0.6 is 15.9 Å². The molecule has 4 aliphatic rings. The van der Waals surface area contributed by atoms with E-state index in [1.54, 1.807) is 6.92 Å². The van der Waals surface area contributed by atoms with Gasteiger partial charge in [-0.05, 0) is 51.0 Å². The molecule has 0 radical (unpaired) electrons. The second-order valence-electron chi connectivity index (χ2n) is 9.01. The third-order valence-corrected chi connectivity index (χ3v) is 8.37. The van der Waals surface area contributed by atoms with Crippen LogP contribution in [0.1, 0.15) is 60.9 Å². The molecule has 5 unspecified atom stereocenters. The zero-order valence-electron chi connectivity index (χ0n) is 16.2. The molecule has 1 saturated carbocycles. The summed E-state index contributed by atoms with van der Waals surface area (Å²) in [6.07, 6.45) is 6.10. The highest BCUT2D eigenvalue weighted by molar-refractivity contribution is 9.09. The maximum Gasteiger partial charge on any atom is 0.204 e. The number of nitrogens with one attached hydrogen (secondary N) is 2. The third-order valence-electron chi connectivity index (χ3n) is 7.35. The van der Waals surface area contributed by atoms with E-state index in [1.807, 2.05) is 6.07 Å². The van der Waals surface area contributed by atoms with Crippen LogP contribution in [0.2, 0.25) is 0 Å². The fourth-order valence-electron chi connectivity index (χ4n) is 5.89. The van der Waals surface area contributed by atoms with Crippen LogP contribution in [0.4, 0.5) is 0 Å². The third kappa shape index (κ3) is 3.15. The summed E-state index contributed by atoms with van der Waals surface area (Å²) in [7, 11) is 0. The molecular weight excluding hydrogens is 420 g/mol. The zero-order valence-corrected chi connectivity index (χ0v) is 17.7. The van der Waals surface area contributed by atoms with Gasteiger partial charge in [-0.3, -0.25) is 20.3 Å². The molecule has 0 spiro atoms. The number of carbonyl (C=O) groups excluding carboxylic acids is 1. The molecule has 5 rings (SSSR count). The molecule has 2 bridgehead atoms. The van der Waals surface area contributed by atoms with Crippen molar-refractivity contribution < 1.29 is 9.21 Å². The SMILES string of the molecule is CC(=O)C1CC2CCC1N2CC1CC(NC2NCc3oc(C#N)cc3C2Br)C1. The predicted octanol–water partition coefficient (Wildman–Crippen LogP) is 2.83. The highest BCUT2D eigenvalue weighted by Gasteiger charge is 2.49. The van der Waals surface area contributed by atoms with Gasteiger partial charge in [0.05, 0.1) is 17.5 Å². The number of ketones is 1. The Morgan fingerprint density at radius 1 is 1.43 bits per heavy atom. The summed E-state index contributed by atoms with van der Waals surface area (Å²) in [5.41, 5.74) is 1.08. The molecule has 1 aromatic rings. The van der Waals surface area contributed by atoms with E-state index in [2.05, 4.69) is 37.5 Å². The highest BCUT2D eigenvalue weighted by atomic mass is 79.9. The maximum atomic E-state index is 11.9. The molecule has 2 saturated heterocycles. The van der Waals surface area contributed by atoms with Gasteiger partial charge in [0, 0.05) is 36.2 Å². The van der Waals surface area contributed by atoms with Gasteiger partial charge >= 0.3 is 0 Å². The average Bonchev–Trinajstić information content (AvgIpc) is 3.34. The summed E-state index contributed by atoms with van der Waals surface area (Å²) in [4.78, 5) is 14.6. The number of alkyl halides is 1. The molecule has 5 atom stereocenters. The molecule has 6 nitrogen and oxygen atoms in total. The number of furan rings is 1. The van der Waals surface area contributed by atoms with Gasteiger partial charge in [-0.1, -0.05) is 15.9 Å². The average molecular weight is 447 g/mol. The molecule has 7 heteroatoms. The number of hydrogen-bond acceptors (Lipinski definition) is 6. The molecule has 0 amide bonds. The van der Waals surface area contributed by atoms with Gasteiger partial charge in [-0.25, -0.2) is 0 Å². The van der Waals surface area contributed by atoms with Gasteiger partial charge in [0.25, 0.3) is 0 Å². The summed E-state index contributed by atoms with van der Waals surface area (Å²) < 4.78 is 5.55. The first kappa shape index (κ1) is 18.8. The molecule has 28 heavy (non-hydrogen) atoms. The first-order valence-corrected chi connectivity index (χ1v) is 11.4. The largest absolute Gasteiger partial charge is 0.449 e. The second-order valence-corrected chi connectivity index (χ2v) is 10.00. The normalized spacial score (nSPS) is 39.4. The minimum Gasteiger partial charge on any atom is -0.449 e. The molecular formula is C21H27BrN4O2. The number of Topliss-reactive ketones (excluding diaryl/α,β-unsaturated/α-hetero) is 1. The lowest BCUT2D eigenvalue weighted by Gasteiger charge is -2.42. The van der Waals surface area contributed by atoms with Crippen molar-refractivity contribution in [2.75, 3.05) is 6.54 Å². The predicted molar refractivity (Wildman–Crippen MR) is 108 cm³/mol. The summed E-state index contributed by atoms with van der Waals surface area (Å²) in [5, 5.41) is 16.3. The number of fused-ring (bicyclic) bond motifs is 3. The lowest BCUT2D eigenvalue weighted by molar-refractivity contribution is -0.121. The van der Waals surface area contributed by atoms with Gasteiger partial charge in [0.2, 0.25) is 5.76 Å². The minimum absolute atomic E-state index is 0.104. The van der Waals surface area contributed by atoms with Gasteiger partial charge in [-0.2, -0.15) is 5.26 Å². The van der Waals surface area contributed by atoms with Crippen molar-refractivity contribution in [2.45, 2.75) is 74.7 Å². The van der Waals surface area contributed by atoms with Crippen LogP contribution in [-0.2, 0) is 11.3 Å². The van der Waals surface area contributed by atoms with Gasteiger partial charge in [-0.15, -0.1) is 0 Å². The molecule has 1 aliphatic carbocycles. The van der Waals surface area contributed by atoms with E-state index in [4.69, 9.17) is 9.68 Å². The maximum absolute atomic E-state index is 11.9. The van der Waals surface area contributed by atoms with Crippen LogP contribution in [0.5, 0.6) is 0 Å². The monoisotopic (exact) mass is 446 g/mol. The Labute approximate surface area is 174 Å². The van der Waals surface area contributed by atoms with E-state index in [-0.39, 0.29) is 16.9 Å². The molecule has 150 valence electrons. The fourth-order valence-corrected chi connectivity index (χ4v) is 6.62. The van der Waals surface area contributed by atoms with E-state index in [9.17, 15) is 4.79 Å². The summed E-state index contributed by atoms with van der Waals surface area (Å²) >= 11 is 3.77. The van der Waals surface area contributed by atoms with E-state index >= 15 is 0 Å². The number of carbonyl (C=O) groups is 1. The Hall–Kier alpha value is -1.20. The van der Waals surface area contributed by atoms with E-state index in [0.29, 0.717) is 36.2 Å². The number of hydrogen-bond donors (Lipinski definition) is 2. The lowest BCUT2D eigenvalue weighted by atomic mass is 9.79.